The Kier molecular flexibility index (Phi) is 4.05. The van der Waals surface area contributed by atoms with E-state index in [4.69, 9.17) is 14.6 Å². The van der Waals surface area contributed by atoms with Gasteiger partial charge in [-0.25, -0.2) is 9.78 Å². The normalized spacial score (nSPS) is 10.5. The zero-order valence-electron chi connectivity index (χ0n) is 12.4. The molecule has 23 heavy (non-hydrogen) atoms. The number of hydrogen-bond acceptors (Lipinski definition) is 5. The van der Waals surface area contributed by atoms with Crippen molar-refractivity contribution in [3.05, 3.63) is 59.8 Å². The SMILES string of the molecule is COc1cc2ccc(C(=O)O)nc2c(OCc2ccccc2)n1. The van der Waals surface area contributed by atoms with Gasteiger partial charge in [0, 0.05) is 11.5 Å². The van der Waals surface area contributed by atoms with E-state index in [1.165, 1.54) is 13.2 Å². The minimum Gasteiger partial charge on any atom is -0.481 e. The Morgan fingerprint density at radius 2 is 1.91 bits per heavy atom. The Morgan fingerprint density at radius 3 is 2.61 bits per heavy atom. The average molecular weight is 310 g/mol. The first-order chi connectivity index (χ1) is 11.2. The third-order valence-electron chi connectivity index (χ3n) is 3.27. The summed E-state index contributed by atoms with van der Waals surface area (Å²) in [5, 5.41) is 9.79. The van der Waals surface area contributed by atoms with Crippen LogP contribution in [-0.4, -0.2) is 28.2 Å². The summed E-state index contributed by atoms with van der Waals surface area (Å²) < 4.78 is 10.9. The number of aromatic carboxylic acids is 1. The van der Waals surface area contributed by atoms with Gasteiger partial charge in [-0.3, -0.25) is 0 Å². The number of fused-ring (bicyclic) bond motifs is 1. The van der Waals surface area contributed by atoms with Crippen molar-refractivity contribution in [1.82, 2.24) is 9.97 Å². The largest absolute Gasteiger partial charge is 0.481 e. The lowest BCUT2D eigenvalue weighted by Crippen LogP contribution is -2.04. The summed E-state index contributed by atoms with van der Waals surface area (Å²) in [7, 11) is 1.51. The second-order valence-corrected chi connectivity index (χ2v) is 4.82. The van der Waals surface area contributed by atoms with Gasteiger partial charge in [-0.15, -0.1) is 0 Å². The molecular weight excluding hydrogens is 296 g/mol. The van der Waals surface area contributed by atoms with Gasteiger partial charge in [0.25, 0.3) is 0 Å². The van der Waals surface area contributed by atoms with E-state index in [9.17, 15) is 4.79 Å². The van der Waals surface area contributed by atoms with Crippen LogP contribution >= 0.6 is 0 Å². The molecule has 2 heterocycles. The number of rotatable bonds is 5. The number of aromatic nitrogens is 2. The first-order valence-electron chi connectivity index (χ1n) is 6.93. The molecule has 0 aliphatic carbocycles. The molecule has 3 aromatic rings. The maximum absolute atomic E-state index is 11.1. The van der Waals surface area contributed by atoms with Crippen LogP contribution in [0.15, 0.2) is 48.5 Å². The first-order valence-corrected chi connectivity index (χ1v) is 6.93. The standard InChI is InChI=1S/C17H14N2O4/c1-22-14-9-12-7-8-13(17(20)21)18-15(12)16(19-14)23-10-11-5-3-2-4-6-11/h2-9H,10H2,1H3,(H,20,21). The van der Waals surface area contributed by atoms with Crippen LogP contribution in [0.2, 0.25) is 0 Å². The number of benzene rings is 1. The van der Waals surface area contributed by atoms with Gasteiger partial charge in [-0.1, -0.05) is 30.3 Å². The first kappa shape index (κ1) is 14.8. The van der Waals surface area contributed by atoms with Crippen molar-refractivity contribution < 1.29 is 19.4 Å². The molecule has 0 fully saturated rings. The van der Waals surface area contributed by atoms with Crippen LogP contribution in [0.5, 0.6) is 11.8 Å². The van der Waals surface area contributed by atoms with E-state index in [0.29, 0.717) is 23.4 Å². The Balaban J connectivity index is 2.01. The van der Waals surface area contributed by atoms with Crippen molar-refractivity contribution in [2.45, 2.75) is 6.61 Å². The summed E-state index contributed by atoms with van der Waals surface area (Å²) in [6, 6.07) is 14.4. The van der Waals surface area contributed by atoms with Gasteiger partial charge in [-0.2, -0.15) is 4.98 Å². The summed E-state index contributed by atoms with van der Waals surface area (Å²) in [6.07, 6.45) is 0. The monoisotopic (exact) mass is 310 g/mol. The molecule has 0 saturated heterocycles. The lowest BCUT2D eigenvalue weighted by molar-refractivity contribution is 0.0691. The maximum Gasteiger partial charge on any atom is 0.354 e. The molecule has 0 aliphatic rings. The molecule has 6 heteroatoms. The quantitative estimate of drug-likeness (QED) is 0.780. The highest BCUT2D eigenvalue weighted by Crippen LogP contribution is 2.27. The van der Waals surface area contributed by atoms with Crippen molar-refractivity contribution in [2.75, 3.05) is 7.11 Å². The van der Waals surface area contributed by atoms with Crippen molar-refractivity contribution in [1.29, 1.82) is 0 Å². The molecular formula is C17H14N2O4. The summed E-state index contributed by atoms with van der Waals surface area (Å²) in [6.45, 7) is 0.301. The molecule has 2 aromatic heterocycles. The molecule has 0 atom stereocenters. The van der Waals surface area contributed by atoms with Crippen molar-refractivity contribution in [2.24, 2.45) is 0 Å². The van der Waals surface area contributed by atoms with Gasteiger partial charge < -0.3 is 14.6 Å². The van der Waals surface area contributed by atoms with E-state index in [1.807, 2.05) is 30.3 Å². The molecule has 0 spiro atoms. The van der Waals surface area contributed by atoms with Crippen molar-refractivity contribution in [3.63, 3.8) is 0 Å². The topological polar surface area (TPSA) is 81.5 Å². The van der Waals surface area contributed by atoms with Gasteiger partial charge in [0.2, 0.25) is 11.8 Å². The number of carbonyl (C=O) groups is 1. The van der Waals surface area contributed by atoms with E-state index in [0.717, 1.165) is 5.56 Å². The van der Waals surface area contributed by atoms with Crippen LogP contribution in [0.4, 0.5) is 0 Å². The lowest BCUT2D eigenvalue weighted by Gasteiger charge is -2.10. The molecule has 6 nitrogen and oxygen atoms in total. The highest BCUT2D eigenvalue weighted by molar-refractivity contribution is 5.91. The number of methoxy groups -OCH3 is 1. The minimum absolute atomic E-state index is 0.0611. The number of nitrogens with zero attached hydrogens (tertiary/aromatic N) is 2. The van der Waals surface area contributed by atoms with Gasteiger partial charge in [0.05, 0.1) is 7.11 Å². The van der Waals surface area contributed by atoms with Crippen molar-refractivity contribution in [3.8, 4) is 11.8 Å². The smallest absolute Gasteiger partial charge is 0.354 e. The molecule has 1 aromatic carbocycles. The molecule has 3 rings (SSSR count). The molecule has 0 radical (unpaired) electrons. The van der Waals surface area contributed by atoms with Crippen LogP contribution in [0.3, 0.4) is 0 Å². The lowest BCUT2D eigenvalue weighted by atomic mass is 10.2. The van der Waals surface area contributed by atoms with Crippen LogP contribution in [0.1, 0.15) is 16.1 Å². The number of carboxylic acids is 1. The fourth-order valence-electron chi connectivity index (χ4n) is 2.13. The highest BCUT2D eigenvalue weighted by atomic mass is 16.5. The Bertz CT molecular complexity index is 850. The minimum atomic E-state index is -1.10. The predicted molar refractivity (Wildman–Crippen MR) is 83.8 cm³/mol. The number of carboxylic acid groups (broad SMARTS) is 1. The number of hydrogen-bond donors (Lipinski definition) is 1. The Morgan fingerprint density at radius 1 is 1.13 bits per heavy atom. The van der Waals surface area contributed by atoms with Crippen LogP contribution in [0, 0.1) is 0 Å². The predicted octanol–water partition coefficient (Wildman–Crippen LogP) is 2.92. The summed E-state index contributed by atoms with van der Waals surface area (Å²) in [4.78, 5) is 19.5. The van der Waals surface area contributed by atoms with E-state index < -0.39 is 5.97 Å². The van der Waals surface area contributed by atoms with Gasteiger partial charge in [0.1, 0.15) is 17.8 Å². The molecule has 0 bridgehead atoms. The van der Waals surface area contributed by atoms with E-state index in [1.54, 1.807) is 12.1 Å². The molecule has 0 unspecified atom stereocenters. The van der Waals surface area contributed by atoms with E-state index >= 15 is 0 Å². The van der Waals surface area contributed by atoms with Gasteiger partial charge in [0.15, 0.2) is 0 Å². The molecule has 0 aliphatic heterocycles. The average Bonchev–Trinajstić information content (AvgIpc) is 2.59. The molecule has 116 valence electrons. The van der Waals surface area contributed by atoms with Gasteiger partial charge in [-0.05, 0) is 17.7 Å². The second-order valence-electron chi connectivity index (χ2n) is 4.82. The summed E-state index contributed by atoms with van der Waals surface area (Å²) in [5.41, 5.74) is 1.30. The second kappa shape index (κ2) is 6.31. The van der Waals surface area contributed by atoms with E-state index in [2.05, 4.69) is 9.97 Å². The van der Waals surface area contributed by atoms with Crippen molar-refractivity contribution >= 4 is 16.9 Å². The van der Waals surface area contributed by atoms with Crippen LogP contribution in [-0.2, 0) is 6.61 Å². The molecule has 1 N–H and O–H groups in total. The summed E-state index contributed by atoms with van der Waals surface area (Å²) in [5.74, 6) is -0.478. The summed E-state index contributed by atoms with van der Waals surface area (Å²) >= 11 is 0. The van der Waals surface area contributed by atoms with E-state index in [-0.39, 0.29) is 11.6 Å². The Hall–Kier alpha value is -3.15. The number of pyridine rings is 2. The molecule has 0 saturated carbocycles. The fraction of sp³-hybridized carbons (Fsp3) is 0.118. The van der Waals surface area contributed by atoms with Gasteiger partial charge >= 0.3 is 5.97 Å². The third-order valence-corrected chi connectivity index (χ3v) is 3.27. The number of ether oxygens (including phenoxy) is 2. The Labute approximate surface area is 132 Å². The molecule has 0 amide bonds. The third kappa shape index (κ3) is 3.21. The highest BCUT2D eigenvalue weighted by Gasteiger charge is 2.13. The maximum atomic E-state index is 11.1. The zero-order chi connectivity index (χ0) is 16.2. The zero-order valence-corrected chi connectivity index (χ0v) is 12.4. The fourth-order valence-corrected chi connectivity index (χ4v) is 2.13. The van der Waals surface area contributed by atoms with Crippen LogP contribution < -0.4 is 9.47 Å². The van der Waals surface area contributed by atoms with Crippen LogP contribution in [0.25, 0.3) is 10.9 Å².